The Kier molecular flexibility index (Phi) is 10.6. The average molecular weight is 397 g/mol. The van der Waals surface area contributed by atoms with Gasteiger partial charge in [-0.15, -0.1) is 0 Å². The van der Waals surface area contributed by atoms with Crippen LogP contribution in [0.2, 0.25) is 0 Å². The maximum atomic E-state index is 9.30. The number of hydrogen-bond donors (Lipinski definition) is 1. The molecule has 0 unspecified atom stereocenters. The van der Waals surface area contributed by atoms with E-state index in [-0.39, 0.29) is 5.76 Å². The molecule has 0 fully saturated rings. The third-order valence-electron chi connectivity index (χ3n) is 4.14. The Morgan fingerprint density at radius 1 is 0.933 bits per heavy atom. The fourth-order valence-electron chi connectivity index (χ4n) is 2.52. The molecule has 30 heavy (non-hydrogen) atoms. The Balaban J connectivity index is 0.00000218. The quantitative estimate of drug-likeness (QED) is 0.324. The molecule has 0 amide bonds. The van der Waals surface area contributed by atoms with Crippen LogP contribution in [0.1, 0.15) is 68.4 Å². The standard InChI is InChI=1S/C27H26O.C2H6/c1-6-23(12-9-22(5)28)15-17-26-18-16-25(19-27(26)20(2)3)14-13-24-10-7-21(4)8-11-24;1-2/h6-12,16,18-20,28H,1H2,2-5H3;1-2H3/b22-9+,23-12+;. The minimum atomic E-state index is 0.237. The molecule has 0 aromatic heterocycles. The molecule has 0 saturated heterocycles. The normalized spacial score (nSPS) is 10.8. The van der Waals surface area contributed by atoms with E-state index < -0.39 is 0 Å². The van der Waals surface area contributed by atoms with Crippen LogP contribution in [0.3, 0.4) is 0 Å². The number of benzene rings is 2. The van der Waals surface area contributed by atoms with Gasteiger partial charge >= 0.3 is 0 Å². The van der Waals surface area contributed by atoms with Crippen molar-refractivity contribution >= 4 is 0 Å². The van der Waals surface area contributed by atoms with Crippen molar-refractivity contribution in [2.45, 2.75) is 47.5 Å². The van der Waals surface area contributed by atoms with Crippen LogP contribution >= 0.6 is 0 Å². The molecule has 1 heteroatoms. The van der Waals surface area contributed by atoms with E-state index in [1.807, 2.05) is 38.1 Å². The first-order valence-electron chi connectivity index (χ1n) is 10.3. The summed E-state index contributed by atoms with van der Waals surface area (Å²) < 4.78 is 0. The highest BCUT2D eigenvalue weighted by Crippen LogP contribution is 2.20. The summed E-state index contributed by atoms with van der Waals surface area (Å²) in [6.45, 7) is 15.8. The lowest BCUT2D eigenvalue weighted by molar-refractivity contribution is 0.414. The van der Waals surface area contributed by atoms with Crippen LogP contribution in [0.25, 0.3) is 0 Å². The summed E-state index contributed by atoms with van der Waals surface area (Å²) in [6.07, 6.45) is 5.05. The van der Waals surface area contributed by atoms with Crippen molar-refractivity contribution in [2.24, 2.45) is 0 Å². The molecule has 1 N–H and O–H groups in total. The zero-order chi connectivity index (χ0) is 22.5. The van der Waals surface area contributed by atoms with Gasteiger partial charge < -0.3 is 5.11 Å². The van der Waals surface area contributed by atoms with E-state index in [2.05, 4.69) is 69.2 Å². The van der Waals surface area contributed by atoms with Crippen LogP contribution in [0.15, 0.2) is 78.6 Å². The molecule has 0 bridgehead atoms. The zero-order valence-electron chi connectivity index (χ0n) is 19.0. The summed E-state index contributed by atoms with van der Waals surface area (Å²) in [5.41, 5.74) is 6.12. The molecule has 0 aliphatic carbocycles. The highest BCUT2D eigenvalue weighted by atomic mass is 16.3. The van der Waals surface area contributed by atoms with Crippen LogP contribution < -0.4 is 0 Å². The van der Waals surface area contributed by atoms with Crippen LogP contribution in [-0.2, 0) is 0 Å². The molecule has 0 atom stereocenters. The van der Waals surface area contributed by atoms with E-state index in [1.54, 1.807) is 25.2 Å². The Labute approximate surface area is 182 Å². The summed E-state index contributed by atoms with van der Waals surface area (Å²) in [6, 6.07) is 14.4. The van der Waals surface area contributed by atoms with Gasteiger partial charge in [0.2, 0.25) is 0 Å². The SMILES string of the molecule is C=C/C(C#Cc1ccc(C#Cc2ccc(C)cc2)cc1C(C)C)=C\C=C(/C)O.CC. The lowest BCUT2D eigenvalue weighted by atomic mass is 9.95. The minimum absolute atomic E-state index is 0.237. The van der Waals surface area contributed by atoms with E-state index in [4.69, 9.17) is 0 Å². The molecule has 0 heterocycles. The van der Waals surface area contributed by atoms with Gasteiger partial charge in [0.25, 0.3) is 0 Å². The molecule has 2 rings (SSSR count). The maximum Gasteiger partial charge on any atom is 0.0892 e. The minimum Gasteiger partial charge on any atom is -0.513 e. The zero-order valence-corrected chi connectivity index (χ0v) is 19.0. The molecule has 2 aromatic carbocycles. The fourth-order valence-corrected chi connectivity index (χ4v) is 2.52. The molecule has 2 aromatic rings. The first kappa shape index (κ1) is 24.6. The third kappa shape index (κ3) is 8.30. The lowest BCUT2D eigenvalue weighted by Crippen LogP contribution is -1.94. The van der Waals surface area contributed by atoms with E-state index in [0.29, 0.717) is 5.92 Å². The van der Waals surface area contributed by atoms with Gasteiger partial charge in [0.1, 0.15) is 0 Å². The van der Waals surface area contributed by atoms with Crippen LogP contribution in [0, 0.1) is 30.6 Å². The molecule has 0 saturated carbocycles. The lowest BCUT2D eigenvalue weighted by Gasteiger charge is -2.09. The van der Waals surface area contributed by atoms with Gasteiger partial charge in [0.05, 0.1) is 5.76 Å². The second-order valence-electron chi connectivity index (χ2n) is 6.96. The first-order chi connectivity index (χ1) is 14.4. The van der Waals surface area contributed by atoms with E-state index in [0.717, 1.165) is 22.3 Å². The van der Waals surface area contributed by atoms with Crippen molar-refractivity contribution in [1.29, 1.82) is 0 Å². The average Bonchev–Trinajstić information content (AvgIpc) is 2.75. The number of rotatable bonds is 3. The molecular weight excluding hydrogens is 364 g/mol. The summed E-state index contributed by atoms with van der Waals surface area (Å²) >= 11 is 0. The number of hydrogen-bond acceptors (Lipinski definition) is 1. The molecular formula is C29H32O. The third-order valence-corrected chi connectivity index (χ3v) is 4.14. The van der Waals surface area contributed by atoms with Crippen molar-refractivity contribution in [3.8, 4) is 23.7 Å². The van der Waals surface area contributed by atoms with Gasteiger partial charge in [0, 0.05) is 22.3 Å². The van der Waals surface area contributed by atoms with Gasteiger partial charge in [-0.1, -0.05) is 81.7 Å². The van der Waals surface area contributed by atoms with E-state index >= 15 is 0 Å². The van der Waals surface area contributed by atoms with Gasteiger partial charge in [-0.25, -0.2) is 0 Å². The van der Waals surface area contributed by atoms with Gasteiger partial charge in [-0.2, -0.15) is 0 Å². The summed E-state index contributed by atoms with van der Waals surface area (Å²) in [4.78, 5) is 0. The first-order valence-corrected chi connectivity index (χ1v) is 10.3. The highest BCUT2D eigenvalue weighted by molar-refractivity contribution is 5.53. The molecule has 0 aliphatic rings. The number of allylic oxidation sites excluding steroid dienone is 5. The molecule has 154 valence electrons. The Bertz CT molecular complexity index is 1020. The predicted octanol–water partition coefficient (Wildman–Crippen LogP) is 7.47. The van der Waals surface area contributed by atoms with Crippen LogP contribution in [0.4, 0.5) is 0 Å². The largest absolute Gasteiger partial charge is 0.513 e. The Morgan fingerprint density at radius 2 is 1.53 bits per heavy atom. The van der Waals surface area contributed by atoms with Crippen molar-refractivity contribution in [3.05, 3.63) is 106 Å². The summed E-state index contributed by atoms with van der Waals surface area (Å²) in [7, 11) is 0. The summed E-state index contributed by atoms with van der Waals surface area (Å²) in [5, 5.41) is 9.30. The van der Waals surface area contributed by atoms with Crippen LogP contribution in [-0.4, -0.2) is 5.11 Å². The highest BCUT2D eigenvalue weighted by Gasteiger charge is 2.05. The van der Waals surface area contributed by atoms with E-state index in [9.17, 15) is 5.11 Å². The number of aliphatic hydroxyl groups is 1. The Morgan fingerprint density at radius 3 is 2.10 bits per heavy atom. The monoisotopic (exact) mass is 396 g/mol. The Hall–Kier alpha value is -3.42. The summed E-state index contributed by atoms with van der Waals surface area (Å²) in [5.74, 6) is 13.4. The van der Waals surface area contributed by atoms with Crippen molar-refractivity contribution in [2.75, 3.05) is 0 Å². The van der Waals surface area contributed by atoms with Crippen LogP contribution in [0.5, 0.6) is 0 Å². The molecule has 0 aliphatic heterocycles. The second kappa shape index (κ2) is 12.9. The number of aliphatic hydroxyl groups excluding tert-OH is 1. The smallest absolute Gasteiger partial charge is 0.0892 e. The van der Waals surface area contributed by atoms with E-state index in [1.165, 1.54) is 11.1 Å². The van der Waals surface area contributed by atoms with Gasteiger partial charge in [-0.05, 0) is 67.8 Å². The van der Waals surface area contributed by atoms with Crippen molar-refractivity contribution in [3.63, 3.8) is 0 Å². The molecule has 0 spiro atoms. The van der Waals surface area contributed by atoms with Gasteiger partial charge in [0.15, 0.2) is 0 Å². The predicted molar refractivity (Wildman–Crippen MR) is 131 cm³/mol. The second-order valence-corrected chi connectivity index (χ2v) is 6.96. The number of aryl methyl sites for hydroxylation is 1. The van der Waals surface area contributed by atoms with Crippen molar-refractivity contribution in [1.82, 2.24) is 0 Å². The maximum absolute atomic E-state index is 9.30. The molecule has 0 radical (unpaired) electrons. The van der Waals surface area contributed by atoms with Gasteiger partial charge in [-0.3, -0.25) is 0 Å². The topological polar surface area (TPSA) is 20.2 Å². The molecule has 1 nitrogen and oxygen atoms in total. The fraction of sp³-hybridized carbons (Fsp3) is 0.241. The van der Waals surface area contributed by atoms with Crippen molar-refractivity contribution < 1.29 is 5.11 Å².